The molecule has 3 heteroatoms. The molecule has 1 nitrogen and oxygen atoms in total. The highest BCUT2D eigenvalue weighted by Crippen LogP contribution is 2.25. The van der Waals surface area contributed by atoms with E-state index in [1.165, 1.54) is 0 Å². The maximum atomic E-state index is 11.3. The van der Waals surface area contributed by atoms with E-state index in [0.29, 0.717) is 5.02 Å². The van der Waals surface area contributed by atoms with E-state index >= 15 is 0 Å². The summed E-state index contributed by atoms with van der Waals surface area (Å²) in [5.74, 6) is -0.191. The lowest BCUT2D eigenvalue weighted by Gasteiger charge is -2.12. The first-order valence-electron chi connectivity index (χ1n) is 5.10. The molecule has 0 heterocycles. The average Bonchev–Trinajstić information content (AvgIpc) is 2.21. The van der Waals surface area contributed by atoms with Gasteiger partial charge < -0.3 is 0 Å². The van der Waals surface area contributed by atoms with Crippen LogP contribution in [-0.2, 0) is 4.79 Å². The molecule has 0 fully saturated rings. The summed E-state index contributed by atoms with van der Waals surface area (Å²) in [6.07, 6.45) is 2.88. The van der Waals surface area contributed by atoms with Crippen LogP contribution >= 0.6 is 23.2 Å². The number of rotatable bonds is 5. The van der Waals surface area contributed by atoms with Crippen LogP contribution in [0.4, 0.5) is 0 Å². The van der Waals surface area contributed by atoms with Gasteiger partial charge in [-0.1, -0.05) is 43.5 Å². The highest BCUT2D eigenvalue weighted by molar-refractivity contribution is 6.64. The Balaban J connectivity index is 2.79. The van der Waals surface area contributed by atoms with Crippen molar-refractivity contribution in [2.45, 2.75) is 32.1 Å². The molecule has 1 rings (SSSR count). The third-order valence-corrected chi connectivity index (χ3v) is 2.91. The molecule has 1 aromatic carbocycles. The predicted molar refractivity (Wildman–Crippen MR) is 64.6 cm³/mol. The second-order valence-corrected chi connectivity index (χ2v) is 4.36. The summed E-state index contributed by atoms with van der Waals surface area (Å²) in [7, 11) is 0. The minimum absolute atomic E-state index is 0.191. The first-order chi connectivity index (χ1) is 7.15. The van der Waals surface area contributed by atoms with Gasteiger partial charge in [0, 0.05) is 5.02 Å². The molecule has 0 amide bonds. The van der Waals surface area contributed by atoms with Crippen LogP contribution in [0.1, 0.15) is 37.7 Å². The van der Waals surface area contributed by atoms with Gasteiger partial charge in [-0.15, -0.1) is 0 Å². The molecule has 1 aromatic rings. The molecule has 0 bridgehead atoms. The summed E-state index contributed by atoms with van der Waals surface area (Å²) < 4.78 is 0. The summed E-state index contributed by atoms with van der Waals surface area (Å²) in [6, 6.07) is 7.30. The minimum atomic E-state index is -0.286. The molecule has 0 saturated carbocycles. The fraction of sp³-hybridized carbons (Fsp3) is 0.417. The van der Waals surface area contributed by atoms with E-state index in [1.807, 2.05) is 12.1 Å². The summed E-state index contributed by atoms with van der Waals surface area (Å²) in [6.45, 7) is 2.09. The SMILES string of the molecule is CCCCC(C(=O)Cl)c1ccc(Cl)cc1. The molecule has 1 atom stereocenters. The standard InChI is InChI=1S/C12H14Cl2O/c1-2-3-4-11(12(14)15)9-5-7-10(13)8-6-9/h5-8,11H,2-4H2,1H3. The van der Waals surface area contributed by atoms with Gasteiger partial charge in [-0.2, -0.15) is 0 Å². The molecule has 0 aliphatic carbocycles. The molecule has 1 unspecified atom stereocenters. The first kappa shape index (κ1) is 12.5. The van der Waals surface area contributed by atoms with Crippen molar-refractivity contribution in [3.8, 4) is 0 Å². The number of unbranched alkanes of at least 4 members (excludes halogenated alkanes) is 1. The number of carbonyl (C=O) groups excluding carboxylic acids is 1. The van der Waals surface area contributed by atoms with Crippen LogP contribution < -0.4 is 0 Å². The van der Waals surface area contributed by atoms with E-state index in [2.05, 4.69) is 6.92 Å². The molecule has 0 aromatic heterocycles. The maximum absolute atomic E-state index is 11.3. The smallest absolute Gasteiger partial charge is 0.229 e. The molecule has 0 aliphatic heterocycles. The fourth-order valence-corrected chi connectivity index (χ4v) is 1.88. The predicted octanol–water partition coefficient (Wildman–Crippen LogP) is 4.38. The van der Waals surface area contributed by atoms with Gasteiger partial charge in [0.1, 0.15) is 0 Å². The molecule has 82 valence electrons. The Kier molecular flexibility index (Phi) is 5.13. The van der Waals surface area contributed by atoms with Gasteiger partial charge >= 0.3 is 0 Å². The monoisotopic (exact) mass is 244 g/mol. The van der Waals surface area contributed by atoms with Gasteiger partial charge in [-0.25, -0.2) is 0 Å². The number of hydrogen-bond donors (Lipinski definition) is 0. The van der Waals surface area contributed by atoms with E-state index in [0.717, 1.165) is 24.8 Å². The Morgan fingerprint density at radius 1 is 1.33 bits per heavy atom. The van der Waals surface area contributed by atoms with E-state index < -0.39 is 0 Å². The molecular weight excluding hydrogens is 231 g/mol. The van der Waals surface area contributed by atoms with Crippen LogP contribution in [0.3, 0.4) is 0 Å². The zero-order chi connectivity index (χ0) is 11.3. The molecule has 15 heavy (non-hydrogen) atoms. The molecule has 0 aliphatic rings. The summed E-state index contributed by atoms with van der Waals surface area (Å²) in [5.41, 5.74) is 0.952. The molecule has 0 radical (unpaired) electrons. The van der Waals surface area contributed by atoms with Crippen molar-refractivity contribution in [2.75, 3.05) is 0 Å². The zero-order valence-electron chi connectivity index (χ0n) is 8.67. The topological polar surface area (TPSA) is 17.1 Å². The lowest BCUT2D eigenvalue weighted by atomic mass is 9.95. The number of carbonyl (C=O) groups is 1. The van der Waals surface area contributed by atoms with Crippen LogP contribution in [-0.4, -0.2) is 5.24 Å². The van der Waals surface area contributed by atoms with E-state index in [1.54, 1.807) is 12.1 Å². The Bertz CT molecular complexity index is 319. The normalized spacial score (nSPS) is 12.5. The lowest BCUT2D eigenvalue weighted by molar-refractivity contribution is -0.113. The van der Waals surface area contributed by atoms with Crippen molar-refractivity contribution in [3.63, 3.8) is 0 Å². The van der Waals surface area contributed by atoms with Crippen molar-refractivity contribution >= 4 is 28.4 Å². The summed E-state index contributed by atoms with van der Waals surface area (Å²) in [4.78, 5) is 11.3. The lowest BCUT2D eigenvalue weighted by Crippen LogP contribution is -2.06. The first-order valence-corrected chi connectivity index (χ1v) is 5.85. The highest BCUT2D eigenvalue weighted by Gasteiger charge is 2.17. The maximum Gasteiger partial charge on any atom is 0.229 e. The fourth-order valence-electron chi connectivity index (χ4n) is 1.51. The van der Waals surface area contributed by atoms with Crippen LogP contribution in [0.2, 0.25) is 5.02 Å². The van der Waals surface area contributed by atoms with Crippen LogP contribution in [0.15, 0.2) is 24.3 Å². The van der Waals surface area contributed by atoms with Gasteiger partial charge in [-0.05, 0) is 35.7 Å². The van der Waals surface area contributed by atoms with Crippen molar-refractivity contribution in [1.82, 2.24) is 0 Å². The number of benzene rings is 1. The van der Waals surface area contributed by atoms with Gasteiger partial charge in [0.05, 0.1) is 5.92 Å². The number of halogens is 2. The van der Waals surface area contributed by atoms with E-state index in [-0.39, 0.29) is 11.2 Å². The second-order valence-electron chi connectivity index (χ2n) is 3.55. The van der Waals surface area contributed by atoms with Crippen molar-refractivity contribution in [3.05, 3.63) is 34.9 Å². The van der Waals surface area contributed by atoms with Gasteiger partial charge in [-0.3, -0.25) is 4.79 Å². The average molecular weight is 245 g/mol. The van der Waals surface area contributed by atoms with Gasteiger partial charge in [0.25, 0.3) is 0 Å². The summed E-state index contributed by atoms with van der Waals surface area (Å²) >= 11 is 11.4. The van der Waals surface area contributed by atoms with Crippen molar-refractivity contribution in [1.29, 1.82) is 0 Å². The van der Waals surface area contributed by atoms with Gasteiger partial charge in [0.15, 0.2) is 0 Å². The van der Waals surface area contributed by atoms with Crippen LogP contribution in [0.5, 0.6) is 0 Å². The third kappa shape index (κ3) is 3.84. The van der Waals surface area contributed by atoms with Crippen LogP contribution in [0, 0.1) is 0 Å². The Morgan fingerprint density at radius 2 is 1.93 bits per heavy atom. The Labute approximate surface area is 100 Å². The summed E-state index contributed by atoms with van der Waals surface area (Å²) in [5, 5.41) is 0.390. The van der Waals surface area contributed by atoms with Crippen LogP contribution in [0.25, 0.3) is 0 Å². The third-order valence-electron chi connectivity index (χ3n) is 2.39. The molecular formula is C12H14Cl2O. The molecule has 0 spiro atoms. The second kappa shape index (κ2) is 6.14. The Hall–Kier alpha value is -0.530. The molecule has 0 saturated heterocycles. The largest absolute Gasteiger partial charge is 0.281 e. The van der Waals surface area contributed by atoms with E-state index in [9.17, 15) is 4.79 Å². The number of hydrogen-bond acceptors (Lipinski definition) is 1. The molecule has 0 N–H and O–H groups in total. The van der Waals surface area contributed by atoms with Crippen molar-refractivity contribution < 1.29 is 4.79 Å². The highest BCUT2D eigenvalue weighted by atomic mass is 35.5. The van der Waals surface area contributed by atoms with E-state index in [4.69, 9.17) is 23.2 Å². The quantitative estimate of drug-likeness (QED) is 0.703. The Morgan fingerprint density at radius 3 is 2.40 bits per heavy atom. The van der Waals surface area contributed by atoms with Crippen molar-refractivity contribution in [2.24, 2.45) is 0 Å². The zero-order valence-corrected chi connectivity index (χ0v) is 10.2. The van der Waals surface area contributed by atoms with Gasteiger partial charge in [0.2, 0.25) is 5.24 Å². The minimum Gasteiger partial charge on any atom is -0.281 e.